The molecule has 1 aliphatic heterocycles. The first-order valence-electron chi connectivity index (χ1n) is 6.07. The summed E-state index contributed by atoms with van der Waals surface area (Å²) in [6.45, 7) is 10.5. The van der Waals surface area contributed by atoms with Gasteiger partial charge in [-0.15, -0.1) is 11.3 Å². The molecule has 0 N–H and O–H groups in total. The average Bonchev–Trinajstić information content (AvgIpc) is 2.70. The highest BCUT2D eigenvalue weighted by molar-refractivity contribution is 7.10. The summed E-state index contributed by atoms with van der Waals surface area (Å²) in [7, 11) is 0. The summed E-state index contributed by atoms with van der Waals surface area (Å²) in [6.07, 6.45) is 2.53. The summed E-state index contributed by atoms with van der Waals surface area (Å²) in [5.74, 6) is 0.738. The molecule has 0 amide bonds. The lowest BCUT2D eigenvalue weighted by Gasteiger charge is -2.27. The molecule has 2 heterocycles. The lowest BCUT2D eigenvalue weighted by atomic mass is 9.94. The second kappa shape index (κ2) is 4.67. The Kier molecular flexibility index (Phi) is 3.47. The van der Waals surface area contributed by atoms with Gasteiger partial charge in [0.25, 0.3) is 0 Å². The van der Waals surface area contributed by atoms with Crippen LogP contribution in [0.3, 0.4) is 0 Å². The third-order valence-electron chi connectivity index (χ3n) is 3.64. The van der Waals surface area contributed by atoms with E-state index in [0.717, 1.165) is 5.92 Å². The van der Waals surface area contributed by atoms with Gasteiger partial charge < -0.3 is 0 Å². The van der Waals surface area contributed by atoms with Crippen molar-refractivity contribution in [3.8, 4) is 0 Å². The van der Waals surface area contributed by atoms with E-state index in [0.29, 0.717) is 0 Å². The van der Waals surface area contributed by atoms with Crippen LogP contribution in [0.5, 0.6) is 0 Å². The van der Waals surface area contributed by atoms with Gasteiger partial charge in [0.15, 0.2) is 0 Å². The zero-order valence-corrected chi connectivity index (χ0v) is 10.9. The Morgan fingerprint density at radius 3 is 2.93 bits per heavy atom. The third-order valence-corrected chi connectivity index (χ3v) is 4.75. The van der Waals surface area contributed by atoms with E-state index >= 15 is 0 Å². The summed E-state index contributed by atoms with van der Waals surface area (Å²) in [4.78, 5) is 4.20. The molecule has 0 saturated heterocycles. The maximum absolute atomic E-state index is 2.56. The van der Waals surface area contributed by atoms with E-state index in [1.165, 1.54) is 32.5 Å². The summed E-state index contributed by atoms with van der Waals surface area (Å²) in [5.41, 5.74) is 3.28. The SMILES string of the molecule is CCC(C)c1csc2c1CN(CC)CC2. The van der Waals surface area contributed by atoms with Crippen molar-refractivity contribution in [2.24, 2.45) is 0 Å². The molecule has 1 nitrogen and oxygen atoms in total. The van der Waals surface area contributed by atoms with Crippen molar-refractivity contribution in [2.45, 2.75) is 46.1 Å². The van der Waals surface area contributed by atoms with Gasteiger partial charge in [-0.3, -0.25) is 4.90 Å². The molecule has 0 aromatic carbocycles. The van der Waals surface area contributed by atoms with Crippen molar-refractivity contribution in [1.82, 2.24) is 4.90 Å². The van der Waals surface area contributed by atoms with Crippen molar-refractivity contribution in [2.75, 3.05) is 13.1 Å². The maximum atomic E-state index is 2.56. The molecular formula is C13H21NS. The lowest BCUT2D eigenvalue weighted by molar-refractivity contribution is 0.269. The minimum atomic E-state index is 0.738. The highest BCUT2D eigenvalue weighted by Crippen LogP contribution is 2.34. The Balaban J connectivity index is 2.25. The molecule has 2 heteroatoms. The second-order valence-electron chi connectivity index (χ2n) is 4.52. The number of likely N-dealkylation sites (N-methyl/N-ethyl adjacent to an activating group) is 1. The lowest BCUT2D eigenvalue weighted by Crippen LogP contribution is -2.29. The van der Waals surface area contributed by atoms with Gasteiger partial charge in [0, 0.05) is 18.0 Å². The molecule has 0 bridgehead atoms. The van der Waals surface area contributed by atoms with E-state index in [1.54, 1.807) is 16.0 Å². The predicted molar refractivity (Wildman–Crippen MR) is 67.7 cm³/mol. The van der Waals surface area contributed by atoms with Crippen molar-refractivity contribution in [3.63, 3.8) is 0 Å². The van der Waals surface area contributed by atoms with Crippen molar-refractivity contribution in [1.29, 1.82) is 0 Å². The quantitative estimate of drug-likeness (QED) is 0.756. The summed E-state index contributed by atoms with van der Waals surface area (Å²) in [5, 5.41) is 2.40. The summed E-state index contributed by atoms with van der Waals surface area (Å²) in [6, 6.07) is 0. The Morgan fingerprint density at radius 2 is 2.27 bits per heavy atom. The van der Waals surface area contributed by atoms with Gasteiger partial charge >= 0.3 is 0 Å². The average molecular weight is 223 g/mol. The molecule has 1 unspecified atom stereocenters. The Morgan fingerprint density at radius 1 is 1.47 bits per heavy atom. The smallest absolute Gasteiger partial charge is 0.0247 e. The van der Waals surface area contributed by atoms with E-state index in [1.807, 2.05) is 11.3 Å². The van der Waals surface area contributed by atoms with E-state index < -0.39 is 0 Å². The molecule has 15 heavy (non-hydrogen) atoms. The number of hydrogen-bond donors (Lipinski definition) is 0. The summed E-state index contributed by atoms with van der Waals surface area (Å²) >= 11 is 1.98. The van der Waals surface area contributed by atoms with Crippen LogP contribution in [0.15, 0.2) is 5.38 Å². The van der Waals surface area contributed by atoms with E-state index in [-0.39, 0.29) is 0 Å². The molecule has 84 valence electrons. The minimum absolute atomic E-state index is 0.738. The molecule has 0 saturated carbocycles. The number of hydrogen-bond acceptors (Lipinski definition) is 2. The number of rotatable bonds is 3. The highest BCUT2D eigenvalue weighted by Gasteiger charge is 2.21. The topological polar surface area (TPSA) is 3.24 Å². The van der Waals surface area contributed by atoms with E-state index in [4.69, 9.17) is 0 Å². The molecule has 1 atom stereocenters. The molecule has 2 rings (SSSR count). The molecule has 0 radical (unpaired) electrons. The fraction of sp³-hybridized carbons (Fsp3) is 0.692. The normalized spacial score (nSPS) is 18.9. The third kappa shape index (κ3) is 2.11. The fourth-order valence-electron chi connectivity index (χ4n) is 2.29. The Bertz CT molecular complexity index is 329. The molecule has 1 aromatic rings. The maximum Gasteiger partial charge on any atom is 0.0247 e. The van der Waals surface area contributed by atoms with Crippen molar-refractivity contribution >= 4 is 11.3 Å². The van der Waals surface area contributed by atoms with Gasteiger partial charge in [-0.1, -0.05) is 20.8 Å². The van der Waals surface area contributed by atoms with Gasteiger partial charge in [0.1, 0.15) is 0 Å². The molecule has 0 spiro atoms. The molecule has 1 aliphatic rings. The first kappa shape index (κ1) is 11.2. The standard InChI is InChI=1S/C13H21NS/c1-4-10(3)12-9-15-13-6-7-14(5-2)8-11(12)13/h9-10H,4-8H2,1-3H3. The van der Waals surface area contributed by atoms with Crippen LogP contribution in [0.1, 0.15) is 49.1 Å². The van der Waals surface area contributed by atoms with Crippen molar-refractivity contribution in [3.05, 3.63) is 21.4 Å². The molecule has 1 aromatic heterocycles. The van der Waals surface area contributed by atoms with E-state index in [9.17, 15) is 0 Å². The zero-order valence-electron chi connectivity index (χ0n) is 10.0. The largest absolute Gasteiger partial charge is 0.299 e. The Hall–Kier alpha value is -0.340. The van der Waals surface area contributed by atoms with E-state index in [2.05, 4.69) is 31.1 Å². The highest BCUT2D eigenvalue weighted by atomic mass is 32.1. The Labute approximate surface area is 97.1 Å². The van der Waals surface area contributed by atoms with Gasteiger partial charge in [0.2, 0.25) is 0 Å². The second-order valence-corrected chi connectivity index (χ2v) is 5.49. The van der Waals surface area contributed by atoms with Crippen LogP contribution in [-0.2, 0) is 13.0 Å². The van der Waals surface area contributed by atoms with Crippen LogP contribution >= 0.6 is 11.3 Å². The zero-order chi connectivity index (χ0) is 10.8. The summed E-state index contributed by atoms with van der Waals surface area (Å²) < 4.78 is 0. The number of fused-ring (bicyclic) bond motifs is 1. The number of nitrogens with zero attached hydrogens (tertiary/aromatic N) is 1. The van der Waals surface area contributed by atoms with Gasteiger partial charge in [-0.25, -0.2) is 0 Å². The van der Waals surface area contributed by atoms with Crippen LogP contribution in [-0.4, -0.2) is 18.0 Å². The van der Waals surface area contributed by atoms with Crippen LogP contribution < -0.4 is 0 Å². The molecule has 0 fully saturated rings. The fourth-order valence-corrected chi connectivity index (χ4v) is 3.47. The van der Waals surface area contributed by atoms with Crippen molar-refractivity contribution < 1.29 is 0 Å². The van der Waals surface area contributed by atoms with Gasteiger partial charge in [-0.05, 0) is 41.8 Å². The van der Waals surface area contributed by atoms with Gasteiger partial charge in [-0.2, -0.15) is 0 Å². The van der Waals surface area contributed by atoms with Gasteiger partial charge in [0.05, 0.1) is 0 Å². The molecule has 0 aliphatic carbocycles. The van der Waals surface area contributed by atoms with Crippen LogP contribution in [0.4, 0.5) is 0 Å². The van der Waals surface area contributed by atoms with Crippen LogP contribution in [0, 0.1) is 0 Å². The number of thiophene rings is 1. The molecular weight excluding hydrogens is 202 g/mol. The first-order chi connectivity index (χ1) is 7.26. The monoisotopic (exact) mass is 223 g/mol. The minimum Gasteiger partial charge on any atom is -0.299 e. The van der Waals surface area contributed by atoms with Crippen LogP contribution in [0.2, 0.25) is 0 Å². The van der Waals surface area contributed by atoms with Crippen LogP contribution in [0.25, 0.3) is 0 Å². The predicted octanol–water partition coefficient (Wildman–Crippen LogP) is 3.64. The first-order valence-corrected chi connectivity index (χ1v) is 6.95.